The Bertz CT molecular complexity index is 144. The van der Waals surface area contributed by atoms with Crippen molar-refractivity contribution >= 4 is 0 Å². The van der Waals surface area contributed by atoms with Crippen molar-refractivity contribution < 1.29 is 0 Å². The van der Waals surface area contributed by atoms with Crippen molar-refractivity contribution in [1.82, 2.24) is 5.32 Å². The quantitative estimate of drug-likeness (QED) is 0.729. The minimum atomic E-state index is 0.783. The average Bonchev–Trinajstić information content (AvgIpc) is 2.17. The number of hydrogen-bond donors (Lipinski definition) is 1. The van der Waals surface area contributed by atoms with E-state index < -0.39 is 0 Å². The van der Waals surface area contributed by atoms with Gasteiger partial charge in [-0.25, -0.2) is 0 Å². The molecular weight excluding hydrogens is 170 g/mol. The molecule has 0 bridgehead atoms. The fourth-order valence-corrected chi connectivity index (χ4v) is 2.86. The second-order valence-corrected chi connectivity index (χ2v) is 4.94. The molecule has 1 N–H and O–H groups in total. The molecular formula is C13H27N. The lowest BCUT2D eigenvalue weighted by atomic mass is 9.78. The maximum atomic E-state index is 3.54. The molecule has 0 aromatic heterocycles. The van der Waals surface area contributed by atoms with E-state index in [2.05, 4.69) is 26.2 Å². The highest BCUT2D eigenvalue weighted by Crippen LogP contribution is 2.29. The molecule has 3 unspecified atom stereocenters. The summed E-state index contributed by atoms with van der Waals surface area (Å²) < 4.78 is 0. The summed E-state index contributed by atoms with van der Waals surface area (Å²) in [5, 5.41) is 3.54. The van der Waals surface area contributed by atoms with Crippen LogP contribution in [0.2, 0.25) is 0 Å². The van der Waals surface area contributed by atoms with Gasteiger partial charge in [-0.3, -0.25) is 0 Å². The molecule has 0 heterocycles. The van der Waals surface area contributed by atoms with Crippen LogP contribution in [0.1, 0.15) is 58.8 Å². The fourth-order valence-electron chi connectivity index (χ4n) is 2.86. The molecule has 1 rings (SSSR count). The minimum Gasteiger partial charge on any atom is -0.317 e. The lowest BCUT2D eigenvalue weighted by Gasteiger charge is -2.33. The van der Waals surface area contributed by atoms with Crippen LogP contribution in [-0.2, 0) is 0 Å². The van der Waals surface area contributed by atoms with Crippen LogP contribution in [0.3, 0.4) is 0 Å². The second kappa shape index (κ2) is 6.44. The fraction of sp³-hybridized carbons (Fsp3) is 1.00. The molecule has 84 valence electrons. The first-order valence-corrected chi connectivity index (χ1v) is 6.46. The Morgan fingerprint density at radius 1 is 1.14 bits per heavy atom. The van der Waals surface area contributed by atoms with E-state index in [9.17, 15) is 0 Å². The molecule has 1 heteroatoms. The van der Waals surface area contributed by atoms with Gasteiger partial charge in [-0.2, -0.15) is 0 Å². The van der Waals surface area contributed by atoms with Crippen molar-refractivity contribution in [2.75, 3.05) is 7.05 Å². The van der Waals surface area contributed by atoms with E-state index >= 15 is 0 Å². The number of rotatable bonds is 3. The van der Waals surface area contributed by atoms with E-state index in [4.69, 9.17) is 0 Å². The summed E-state index contributed by atoms with van der Waals surface area (Å²) in [4.78, 5) is 0. The van der Waals surface area contributed by atoms with Gasteiger partial charge >= 0.3 is 0 Å². The topological polar surface area (TPSA) is 12.0 Å². The first-order valence-electron chi connectivity index (χ1n) is 6.46. The molecule has 0 spiro atoms. The van der Waals surface area contributed by atoms with Gasteiger partial charge in [0.1, 0.15) is 0 Å². The first-order chi connectivity index (χ1) is 6.79. The second-order valence-electron chi connectivity index (χ2n) is 4.94. The maximum absolute atomic E-state index is 3.54. The Morgan fingerprint density at radius 3 is 2.36 bits per heavy atom. The third kappa shape index (κ3) is 3.27. The smallest absolute Gasteiger partial charge is 0.00948 e. The predicted octanol–water partition coefficient (Wildman–Crippen LogP) is 3.59. The third-order valence-corrected chi connectivity index (χ3v) is 4.07. The Labute approximate surface area is 89.7 Å². The van der Waals surface area contributed by atoms with Crippen molar-refractivity contribution in [2.45, 2.75) is 64.8 Å². The summed E-state index contributed by atoms with van der Waals surface area (Å²) >= 11 is 0. The lowest BCUT2D eigenvalue weighted by Crippen LogP contribution is -2.37. The molecule has 1 aliphatic rings. The van der Waals surface area contributed by atoms with Crippen molar-refractivity contribution in [2.24, 2.45) is 11.8 Å². The highest BCUT2D eigenvalue weighted by atomic mass is 14.9. The average molecular weight is 197 g/mol. The molecule has 0 aromatic rings. The molecule has 1 fully saturated rings. The van der Waals surface area contributed by atoms with E-state index in [0.29, 0.717) is 0 Å². The zero-order chi connectivity index (χ0) is 10.4. The lowest BCUT2D eigenvalue weighted by molar-refractivity contribution is 0.218. The summed E-state index contributed by atoms with van der Waals surface area (Å²) in [6, 6.07) is 0.783. The zero-order valence-electron chi connectivity index (χ0n) is 10.2. The standard InChI is InChI=1S/C13H27N/c1-4-11(2)12-9-7-5-6-8-10-13(12)14-3/h11-14H,4-10H2,1-3H3. The van der Waals surface area contributed by atoms with Gasteiger partial charge in [0.05, 0.1) is 0 Å². The molecule has 3 atom stereocenters. The van der Waals surface area contributed by atoms with Crippen LogP contribution in [-0.4, -0.2) is 13.1 Å². The molecule has 0 aliphatic heterocycles. The largest absolute Gasteiger partial charge is 0.317 e. The first kappa shape index (κ1) is 12.0. The van der Waals surface area contributed by atoms with E-state index in [-0.39, 0.29) is 0 Å². The van der Waals surface area contributed by atoms with Gasteiger partial charge in [0.25, 0.3) is 0 Å². The van der Waals surface area contributed by atoms with Gasteiger partial charge in [-0.15, -0.1) is 0 Å². The molecule has 0 amide bonds. The Hall–Kier alpha value is -0.0400. The highest BCUT2D eigenvalue weighted by molar-refractivity contribution is 4.80. The van der Waals surface area contributed by atoms with E-state index in [1.54, 1.807) is 0 Å². The van der Waals surface area contributed by atoms with Crippen LogP contribution < -0.4 is 5.32 Å². The summed E-state index contributed by atoms with van der Waals surface area (Å²) in [5.74, 6) is 1.82. The van der Waals surface area contributed by atoms with E-state index in [1.165, 1.54) is 44.9 Å². The van der Waals surface area contributed by atoms with Crippen LogP contribution in [0.25, 0.3) is 0 Å². The van der Waals surface area contributed by atoms with Gasteiger partial charge in [-0.1, -0.05) is 46.0 Å². The van der Waals surface area contributed by atoms with Crippen molar-refractivity contribution in [3.63, 3.8) is 0 Å². The molecule has 1 nitrogen and oxygen atoms in total. The van der Waals surface area contributed by atoms with Gasteiger partial charge in [0, 0.05) is 6.04 Å². The van der Waals surface area contributed by atoms with Crippen LogP contribution >= 0.6 is 0 Å². The van der Waals surface area contributed by atoms with Crippen LogP contribution in [0, 0.1) is 11.8 Å². The Morgan fingerprint density at radius 2 is 1.79 bits per heavy atom. The van der Waals surface area contributed by atoms with Crippen molar-refractivity contribution in [3.8, 4) is 0 Å². The van der Waals surface area contributed by atoms with Crippen LogP contribution in [0.15, 0.2) is 0 Å². The normalized spacial score (nSPS) is 31.9. The highest BCUT2D eigenvalue weighted by Gasteiger charge is 2.25. The van der Waals surface area contributed by atoms with Crippen LogP contribution in [0.5, 0.6) is 0 Å². The number of hydrogen-bond acceptors (Lipinski definition) is 1. The molecule has 1 saturated carbocycles. The van der Waals surface area contributed by atoms with E-state index in [0.717, 1.165) is 17.9 Å². The van der Waals surface area contributed by atoms with Gasteiger partial charge in [0.2, 0.25) is 0 Å². The summed E-state index contributed by atoms with van der Waals surface area (Å²) in [6.45, 7) is 4.76. The molecule has 0 radical (unpaired) electrons. The summed E-state index contributed by atoms with van der Waals surface area (Å²) in [5.41, 5.74) is 0. The molecule has 14 heavy (non-hydrogen) atoms. The Balaban J connectivity index is 2.53. The van der Waals surface area contributed by atoms with Crippen molar-refractivity contribution in [1.29, 1.82) is 0 Å². The predicted molar refractivity (Wildman–Crippen MR) is 63.5 cm³/mol. The monoisotopic (exact) mass is 197 g/mol. The van der Waals surface area contributed by atoms with E-state index in [1.807, 2.05) is 0 Å². The third-order valence-electron chi connectivity index (χ3n) is 4.07. The summed E-state index contributed by atoms with van der Waals surface area (Å²) in [6.07, 6.45) is 9.97. The molecule has 0 saturated heterocycles. The summed E-state index contributed by atoms with van der Waals surface area (Å²) in [7, 11) is 2.14. The molecule has 1 aliphatic carbocycles. The van der Waals surface area contributed by atoms with Gasteiger partial charge < -0.3 is 5.32 Å². The molecule has 0 aromatic carbocycles. The van der Waals surface area contributed by atoms with Crippen LogP contribution in [0.4, 0.5) is 0 Å². The van der Waals surface area contributed by atoms with Gasteiger partial charge in [-0.05, 0) is 31.7 Å². The Kier molecular flexibility index (Phi) is 5.54. The zero-order valence-corrected chi connectivity index (χ0v) is 10.2. The van der Waals surface area contributed by atoms with Crippen molar-refractivity contribution in [3.05, 3.63) is 0 Å². The number of nitrogens with one attached hydrogen (secondary N) is 1. The maximum Gasteiger partial charge on any atom is 0.00948 e. The van der Waals surface area contributed by atoms with Gasteiger partial charge in [0.15, 0.2) is 0 Å². The minimum absolute atomic E-state index is 0.783. The SMILES string of the molecule is CCC(C)C1CCCCCCC1NC.